The molecule has 0 aliphatic carbocycles. The Morgan fingerprint density at radius 3 is 2.66 bits per heavy atom. The minimum atomic E-state index is -0.510. The molecule has 1 aliphatic heterocycles. The van der Waals surface area contributed by atoms with E-state index < -0.39 is 5.82 Å². The maximum absolute atomic E-state index is 14.6. The van der Waals surface area contributed by atoms with E-state index in [4.69, 9.17) is 20.8 Å². The van der Waals surface area contributed by atoms with Crippen LogP contribution in [0.15, 0.2) is 59.0 Å². The van der Waals surface area contributed by atoms with E-state index in [0.717, 1.165) is 11.4 Å². The monoisotopic (exact) mass is 494 g/mol. The highest BCUT2D eigenvalue weighted by molar-refractivity contribution is 6.31. The SMILES string of the molecule is CCOC(=O)CCCN1CCN(C(=O)c2cc(F)cc3c2oc2cc(Cl)ccc23)c2ccccc21. The number of para-hydroxylation sites is 2. The van der Waals surface area contributed by atoms with Crippen molar-refractivity contribution in [2.24, 2.45) is 0 Å². The highest BCUT2D eigenvalue weighted by Gasteiger charge is 2.29. The quantitative estimate of drug-likeness (QED) is 0.299. The van der Waals surface area contributed by atoms with E-state index in [2.05, 4.69) is 4.90 Å². The Kier molecular flexibility index (Phi) is 6.34. The van der Waals surface area contributed by atoms with E-state index in [-0.39, 0.29) is 17.4 Å². The van der Waals surface area contributed by atoms with Gasteiger partial charge < -0.3 is 19.0 Å². The molecule has 2 heterocycles. The maximum atomic E-state index is 14.6. The molecule has 180 valence electrons. The molecule has 0 atom stereocenters. The molecular formula is C27H24ClFN2O4. The van der Waals surface area contributed by atoms with E-state index in [1.165, 1.54) is 12.1 Å². The van der Waals surface area contributed by atoms with Gasteiger partial charge in [0.15, 0.2) is 0 Å². The first-order valence-corrected chi connectivity index (χ1v) is 12.0. The molecule has 0 saturated carbocycles. The number of ether oxygens (including phenoxy) is 1. The average molecular weight is 495 g/mol. The summed E-state index contributed by atoms with van der Waals surface area (Å²) in [5, 5.41) is 1.73. The van der Waals surface area contributed by atoms with Crippen molar-refractivity contribution in [1.82, 2.24) is 0 Å². The fourth-order valence-corrected chi connectivity index (χ4v) is 4.80. The Balaban J connectivity index is 1.46. The number of furan rings is 1. The summed E-state index contributed by atoms with van der Waals surface area (Å²) in [6, 6.07) is 15.3. The Morgan fingerprint density at radius 2 is 1.86 bits per heavy atom. The Morgan fingerprint density at radius 1 is 1.06 bits per heavy atom. The normalized spacial score (nSPS) is 13.3. The number of carbonyl (C=O) groups excluding carboxylic acids is 2. The third kappa shape index (κ3) is 4.44. The standard InChI is InChI=1S/C27H24ClFN2O4/c1-2-34-25(32)8-5-11-30-12-13-31(23-7-4-3-6-22(23)30)27(33)21-16-18(29)15-20-19-10-9-17(28)14-24(19)35-26(20)21/h3-4,6-7,9-10,14-16H,2,5,8,11-13H2,1H3. The molecule has 8 heteroatoms. The molecule has 0 spiro atoms. The van der Waals surface area contributed by atoms with Crippen LogP contribution in [0.1, 0.15) is 30.1 Å². The van der Waals surface area contributed by atoms with Crippen LogP contribution in [0, 0.1) is 5.82 Å². The van der Waals surface area contributed by atoms with Gasteiger partial charge in [-0.1, -0.05) is 23.7 Å². The van der Waals surface area contributed by atoms with Crippen LogP contribution in [0.2, 0.25) is 5.02 Å². The van der Waals surface area contributed by atoms with E-state index in [1.54, 1.807) is 30.0 Å². The second kappa shape index (κ2) is 9.58. The van der Waals surface area contributed by atoms with Gasteiger partial charge in [0.2, 0.25) is 0 Å². The Bertz CT molecular complexity index is 1430. The second-order valence-electron chi connectivity index (χ2n) is 8.41. The zero-order valence-corrected chi connectivity index (χ0v) is 20.0. The van der Waals surface area contributed by atoms with Crippen LogP contribution in [0.5, 0.6) is 0 Å². The van der Waals surface area contributed by atoms with Gasteiger partial charge in [-0.05, 0) is 49.7 Å². The van der Waals surface area contributed by atoms with E-state index in [0.29, 0.717) is 66.0 Å². The number of esters is 1. The number of carbonyl (C=O) groups is 2. The van der Waals surface area contributed by atoms with Crippen molar-refractivity contribution in [1.29, 1.82) is 0 Å². The van der Waals surface area contributed by atoms with Crippen LogP contribution in [0.4, 0.5) is 15.8 Å². The molecular weight excluding hydrogens is 471 g/mol. The maximum Gasteiger partial charge on any atom is 0.305 e. The van der Waals surface area contributed by atoms with E-state index in [9.17, 15) is 14.0 Å². The first-order chi connectivity index (χ1) is 17.0. The molecule has 3 aromatic carbocycles. The first-order valence-electron chi connectivity index (χ1n) is 11.6. The van der Waals surface area contributed by atoms with Crippen molar-refractivity contribution in [3.63, 3.8) is 0 Å². The molecule has 35 heavy (non-hydrogen) atoms. The minimum Gasteiger partial charge on any atom is -0.466 e. The third-order valence-corrected chi connectivity index (χ3v) is 6.43. The smallest absolute Gasteiger partial charge is 0.305 e. The molecule has 0 fully saturated rings. The van der Waals surface area contributed by atoms with E-state index in [1.807, 2.05) is 24.3 Å². The Hall–Kier alpha value is -3.58. The van der Waals surface area contributed by atoms with E-state index >= 15 is 0 Å². The summed E-state index contributed by atoms with van der Waals surface area (Å²) in [7, 11) is 0. The van der Waals surface area contributed by atoms with Gasteiger partial charge in [0.05, 0.1) is 23.5 Å². The minimum absolute atomic E-state index is 0.165. The number of halogens is 2. The Labute approximate surface area is 206 Å². The predicted octanol–water partition coefficient (Wildman–Crippen LogP) is 6.19. The number of hydrogen-bond acceptors (Lipinski definition) is 5. The zero-order valence-electron chi connectivity index (χ0n) is 19.2. The fraction of sp³-hybridized carbons (Fsp3) is 0.259. The summed E-state index contributed by atoms with van der Waals surface area (Å²) in [6.45, 7) is 3.82. The number of nitrogens with zero attached hydrogens (tertiary/aromatic N) is 2. The van der Waals surface area contributed by atoms with Gasteiger partial charge in [-0.15, -0.1) is 0 Å². The van der Waals surface area contributed by atoms with Gasteiger partial charge >= 0.3 is 5.97 Å². The molecule has 0 N–H and O–H groups in total. The van der Waals surface area contributed by atoms with Gasteiger partial charge in [0.25, 0.3) is 5.91 Å². The van der Waals surface area contributed by atoms with Crippen molar-refractivity contribution >= 4 is 56.8 Å². The number of fused-ring (bicyclic) bond motifs is 4. The lowest BCUT2D eigenvalue weighted by molar-refractivity contribution is -0.143. The zero-order chi connectivity index (χ0) is 24.5. The van der Waals surface area contributed by atoms with Crippen LogP contribution in [-0.2, 0) is 9.53 Å². The lowest BCUT2D eigenvalue weighted by Crippen LogP contribution is -2.44. The third-order valence-electron chi connectivity index (χ3n) is 6.20. The van der Waals surface area contributed by atoms with Crippen molar-refractivity contribution in [2.45, 2.75) is 19.8 Å². The molecule has 6 nitrogen and oxygen atoms in total. The lowest BCUT2D eigenvalue weighted by Gasteiger charge is -2.37. The number of hydrogen-bond donors (Lipinski definition) is 0. The first kappa shape index (κ1) is 23.2. The summed E-state index contributed by atoms with van der Waals surface area (Å²) in [6.07, 6.45) is 0.986. The molecule has 0 bridgehead atoms. The van der Waals surface area contributed by atoms with Crippen LogP contribution in [0.25, 0.3) is 21.9 Å². The van der Waals surface area contributed by atoms with Crippen molar-refractivity contribution in [2.75, 3.05) is 36.0 Å². The summed E-state index contributed by atoms with van der Waals surface area (Å²) < 4.78 is 25.6. The second-order valence-corrected chi connectivity index (χ2v) is 8.85. The number of rotatable bonds is 6. The lowest BCUT2D eigenvalue weighted by atomic mass is 10.1. The van der Waals surface area contributed by atoms with Crippen LogP contribution >= 0.6 is 11.6 Å². The molecule has 0 unspecified atom stereocenters. The highest BCUT2D eigenvalue weighted by atomic mass is 35.5. The van der Waals surface area contributed by atoms with Crippen molar-refractivity contribution < 1.29 is 23.1 Å². The van der Waals surface area contributed by atoms with Crippen molar-refractivity contribution in [3.05, 3.63) is 71.0 Å². The fourth-order valence-electron chi connectivity index (χ4n) is 4.63. The molecule has 0 saturated heterocycles. The molecule has 0 radical (unpaired) electrons. The summed E-state index contributed by atoms with van der Waals surface area (Å²) in [5.74, 6) is -1.06. The van der Waals surface area contributed by atoms with Gasteiger partial charge in [-0.3, -0.25) is 9.59 Å². The summed E-state index contributed by atoms with van der Waals surface area (Å²) in [5.41, 5.74) is 2.62. The van der Waals surface area contributed by atoms with Crippen LogP contribution in [-0.4, -0.2) is 38.1 Å². The topological polar surface area (TPSA) is 63.0 Å². The molecule has 1 amide bonds. The summed E-state index contributed by atoms with van der Waals surface area (Å²) >= 11 is 6.10. The molecule has 5 rings (SSSR count). The number of amides is 1. The molecule has 4 aromatic rings. The number of benzene rings is 3. The largest absolute Gasteiger partial charge is 0.466 e. The summed E-state index contributed by atoms with van der Waals surface area (Å²) in [4.78, 5) is 29.3. The highest BCUT2D eigenvalue weighted by Crippen LogP contribution is 2.37. The van der Waals surface area contributed by atoms with Gasteiger partial charge in [-0.25, -0.2) is 4.39 Å². The van der Waals surface area contributed by atoms with Gasteiger partial charge in [-0.2, -0.15) is 0 Å². The molecule has 1 aliphatic rings. The van der Waals surface area contributed by atoms with Gasteiger partial charge in [0.1, 0.15) is 17.0 Å². The molecule has 1 aromatic heterocycles. The predicted molar refractivity (Wildman–Crippen MR) is 135 cm³/mol. The number of anilines is 2. The van der Waals surface area contributed by atoms with Crippen molar-refractivity contribution in [3.8, 4) is 0 Å². The average Bonchev–Trinajstić information content (AvgIpc) is 3.20. The van der Waals surface area contributed by atoms with Gasteiger partial charge in [0, 0.05) is 47.9 Å². The van der Waals surface area contributed by atoms with Crippen LogP contribution < -0.4 is 9.80 Å². The van der Waals surface area contributed by atoms with Crippen LogP contribution in [0.3, 0.4) is 0 Å².